The maximum absolute atomic E-state index is 13.3. The van der Waals surface area contributed by atoms with Gasteiger partial charge in [0.05, 0.1) is 7.11 Å². The van der Waals surface area contributed by atoms with E-state index in [9.17, 15) is 9.18 Å². The second-order valence-electron chi connectivity index (χ2n) is 5.68. The maximum Gasteiger partial charge on any atom is 0.341 e. The molecule has 0 unspecified atom stereocenters. The molecule has 1 aromatic heterocycles. The molecule has 4 nitrogen and oxygen atoms in total. The van der Waals surface area contributed by atoms with Gasteiger partial charge in [-0.2, -0.15) is 0 Å². The van der Waals surface area contributed by atoms with Crippen LogP contribution in [0.4, 0.5) is 15.1 Å². The van der Waals surface area contributed by atoms with E-state index in [1.807, 2.05) is 37.3 Å². The summed E-state index contributed by atoms with van der Waals surface area (Å²) in [6.07, 6.45) is 0. The van der Waals surface area contributed by atoms with Crippen LogP contribution in [-0.4, -0.2) is 18.2 Å². The lowest BCUT2D eigenvalue weighted by molar-refractivity contribution is 0.0603. The molecule has 138 valence electrons. The number of ether oxygens (including phenoxy) is 1. The number of aryl methyl sites for hydroxylation is 1. The number of carbonyl (C=O) groups excluding carboxylic acids is 1. The highest BCUT2D eigenvalue weighted by molar-refractivity contribution is 7.80. The van der Waals surface area contributed by atoms with E-state index in [1.165, 1.54) is 30.6 Å². The van der Waals surface area contributed by atoms with Crippen LogP contribution < -0.4 is 10.6 Å². The molecule has 0 bridgehead atoms. The van der Waals surface area contributed by atoms with Crippen LogP contribution in [0.25, 0.3) is 11.1 Å². The molecule has 0 aliphatic rings. The van der Waals surface area contributed by atoms with Crippen LogP contribution in [-0.2, 0) is 4.74 Å². The highest BCUT2D eigenvalue weighted by atomic mass is 32.1. The van der Waals surface area contributed by atoms with Gasteiger partial charge in [-0.25, -0.2) is 9.18 Å². The lowest BCUT2D eigenvalue weighted by atomic mass is 10.0. The normalized spacial score (nSPS) is 10.3. The SMILES string of the molecule is COC(=O)c1c(NC(=S)Nc2cccc(F)c2)sc(C)c1-c1ccccc1. The molecule has 0 saturated carbocycles. The van der Waals surface area contributed by atoms with Crippen molar-refractivity contribution in [3.05, 3.63) is 70.9 Å². The van der Waals surface area contributed by atoms with Crippen molar-refractivity contribution in [3.63, 3.8) is 0 Å². The van der Waals surface area contributed by atoms with Crippen molar-refractivity contribution in [2.24, 2.45) is 0 Å². The number of halogens is 1. The van der Waals surface area contributed by atoms with E-state index in [-0.39, 0.29) is 10.9 Å². The Morgan fingerprint density at radius 3 is 2.52 bits per heavy atom. The Labute approximate surface area is 166 Å². The monoisotopic (exact) mass is 400 g/mol. The van der Waals surface area contributed by atoms with Crippen molar-refractivity contribution in [2.75, 3.05) is 17.7 Å². The Balaban J connectivity index is 1.93. The molecular weight excluding hydrogens is 383 g/mol. The summed E-state index contributed by atoms with van der Waals surface area (Å²) in [5.41, 5.74) is 2.67. The summed E-state index contributed by atoms with van der Waals surface area (Å²) in [6, 6.07) is 15.6. The van der Waals surface area contributed by atoms with E-state index in [2.05, 4.69) is 10.6 Å². The Morgan fingerprint density at radius 2 is 1.85 bits per heavy atom. The number of hydrogen-bond acceptors (Lipinski definition) is 4. The minimum Gasteiger partial charge on any atom is -0.465 e. The Morgan fingerprint density at radius 1 is 1.11 bits per heavy atom. The fourth-order valence-electron chi connectivity index (χ4n) is 2.71. The van der Waals surface area contributed by atoms with E-state index in [0.717, 1.165) is 16.0 Å². The number of benzene rings is 2. The standard InChI is InChI=1S/C20H17FN2O2S2/c1-12-16(13-7-4-3-5-8-13)17(19(24)25-2)18(27-12)23-20(26)22-15-10-6-9-14(21)11-15/h3-11H,1-2H3,(H2,22,23,26). The predicted molar refractivity (Wildman–Crippen MR) is 112 cm³/mol. The summed E-state index contributed by atoms with van der Waals surface area (Å²) in [4.78, 5) is 13.4. The summed E-state index contributed by atoms with van der Waals surface area (Å²) >= 11 is 6.73. The minimum atomic E-state index is -0.450. The molecule has 0 saturated heterocycles. The summed E-state index contributed by atoms with van der Waals surface area (Å²) in [7, 11) is 1.34. The third-order valence-corrected chi connectivity index (χ3v) is 5.07. The minimum absolute atomic E-state index is 0.256. The largest absolute Gasteiger partial charge is 0.465 e. The molecule has 0 atom stereocenters. The maximum atomic E-state index is 13.3. The third kappa shape index (κ3) is 4.32. The zero-order valence-corrected chi connectivity index (χ0v) is 16.3. The molecule has 0 aliphatic heterocycles. The van der Waals surface area contributed by atoms with Gasteiger partial charge < -0.3 is 15.4 Å². The average molecular weight is 401 g/mol. The highest BCUT2D eigenvalue weighted by Gasteiger charge is 2.24. The molecular formula is C20H17FN2O2S2. The highest BCUT2D eigenvalue weighted by Crippen LogP contribution is 2.40. The molecule has 2 aromatic carbocycles. The van der Waals surface area contributed by atoms with E-state index in [1.54, 1.807) is 12.1 Å². The fourth-order valence-corrected chi connectivity index (χ4v) is 4.07. The van der Waals surface area contributed by atoms with E-state index in [4.69, 9.17) is 17.0 Å². The van der Waals surface area contributed by atoms with Crippen LogP contribution in [0.3, 0.4) is 0 Å². The van der Waals surface area contributed by atoms with Crippen molar-refractivity contribution >= 4 is 45.3 Å². The number of nitrogens with one attached hydrogen (secondary N) is 2. The molecule has 0 amide bonds. The zero-order valence-electron chi connectivity index (χ0n) is 14.7. The first-order chi connectivity index (χ1) is 13.0. The predicted octanol–water partition coefficient (Wildman–Crippen LogP) is 5.46. The van der Waals surface area contributed by atoms with Crippen LogP contribution in [0.2, 0.25) is 0 Å². The summed E-state index contributed by atoms with van der Waals surface area (Å²) in [5.74, 6) is -0.814. The topological polar surface area (TPSA) is 50.4 Å². The Bertz CT molecular complexity index is 987. The number of anilines is 2. The van der Waals surface area contributed by atoms with Crippen molar-refractivity contribution in [2.45, 2.75) is 6.92 Å². The van der Waals surface area contributed by atoms with Crippen LogP contribution in [0.1, 0.15) is 15.2 Å². The summed E-state index contributed by atoms with van der Waals surface area (Å²) in [5, 5.41) is 6.79. The van der Waals surface area contributed by atoms with Gasteiger partial charge in [0.15, 0.2) is 5.11 Å². The van der Waals surface area contributed by atoms with Gasteiger partial charge >= 0.3 is 5.97 Å². The number of thiophene rings is 1. The Hall–Kier alpha value is -2.77. The van der Waals surface area contributed by atoms with Crippen molar-refractivity contribution in [1.29, 1.82) is 0 Å². The van der Waals surface area contributed by atoms with Crippen LogP contribution in [0.5, 0.6) is 0 Å². The smallest absolute Gasteiger partial charge is 0.341 e. The van der Waals surface area contributed by atoms with Gasteiger partial charge in [0.2, 0.25) is 0 Å². The molecule has 3 rings (SSSR count). The lowest BCUT2D eigenvalue weighted by Gasteiger charge is -2.11. The number of methoxy groups -OCH3 is 1. The molecule has 0 aliphatic carbocycles. The molecule has 7 heteroatoms. The quantitative estimate of drug-likeness (QED) is 0.450. The number of esters is 1. The van der Waals surface area contributed by atoms with E-state index >= 15 is 0 Å². The fraction of sp³-hybridized carbons (Fsp3) is 0.100. The average Bonchev–Trinajstić information content (AvgIpc) is 2.97. The van der Waals surface area contributed by atoms with E-state index in [0.29, 0.717) is 16.3 Å². The van der Waals surface area contributed by atoms with Crippen molar-refractivity contribution in [1.82, 2.24) is 0 Å². The van der Waals surface area contributed by atoms with Crippen molar-refractivity contribution < 1.29 is 13.9 Å². The van der Waals surface area contributed by atoms with Gasteiger partial charge in [-0.3, -0.25) is 0 Å². The van der Waals surface area contributed by atoms with Crippen molar-refractivity contribution in [3.8, 4) is 11.1 Å². The first-order valence-corrected chi connectivity index (χ1v) is 9.32. The number of hydrogen-bond donors (Lipinski definition) is 2. The Kier molecular flexibility index (Phi) is 5.83. The van der Waals surface area contributed by atoms with Crippen LogP contribution >= 0.6 is 23.6 Å². The molecule has 0 spiro atoms. The molecule has 1 heterocycles. The van der Waals surface area contributed by atoms with Gasteiger partial charge in [0.25, 0.3) is 0 Å². The summed E-state index contributed by atoms with van der Waals surface area (Å²) in [6.45, 7) is 1.94. The van der Waals surface area contributed by atoms with Gasteiger partial charge in [-0.05, 0) is 42.9 Å². The van der Waals surface area contributed by atoms with E-state index < -0.39 is 5.97 Å². The first-order valence-electron chi connectivity index (χ1n) is 8.10. The summed E-state index contributed by atoms with van der Waals surface area (Å²) < 4.78 is 18.3. The lowest BCUT2D eigenvalue weighted by Crippen LogP contribution is -2.20. The second-order valence-corrected chi connectivity index (χ2v) is 7.32. The van der Waals surface area contributed by atoms with Gasteiger partial charge in [0, 0.05) is 16.1 Å². The third-order valence-electron chi connectivity index (χ3n) is 3.85. The molecule has 0 radical (unpaired) electrons. The first kappa shape index (κ1) is 19.0. The number of thiocarbonyl (C=S) groups is 1. The number of carbonyl (C=O) groups is 1. The number of rotatable bonds is 4. The molecule has 0 fully saturated rings. The zero-order chi connectivity index (χ0) is 19.4. The van der Waals surface area contributed by atoms with Crippen LogP contribution in [0, 0.1) is 12.7 Å². The second kappa shape index (κ2) is 8.28. The molecule has 3 aromatic rings. The van der Waals surface area contributed by atoms with Gasteiger partial charge in [-0.15, -0.1) is 11.3 Å². The van der Waals surface area contributed by atoms with Crippen LogP contribution in [0.15, 0.2) is 54.6 Å². The van der Waals surface area contributed by atoms with Gasteiger partial charge in [-0.1, -0.05) is 36.4 Å². The van der Waals surface area contributed by atoms with Gasteiger partial charge in [0.1, 0.15) is 16.4 Å². The molecule has 2 N–H and O–H groups in total. The molecule has 27 heavy (non-hydrogen) atoms.